The van der Waals surface area contributed by atoms with Crippen molar-refractivity contribution in [3.8, 4) is 0 Å². The Morgan fingerprint density at radius 1 is 1.31 bits per heavy atom. The van der Waals surface area contributed by atoms with Gasteiger partial charge in [0.2, 0.25) is 5.91 Å². The van der Waals surface area contributed by atoms with Gasteiger partial charge < -0.3 is 15.5 Å². The Balaban J connectivity index is 2.63. The Labute approximate surface area is 92.7 Å². The minimum absolute atomic E-state index is 0.0391. The molecule has 0 aliphatic rings. The number of amides is 1. The van der Waals surface area contributed by atoms with Crippen LogP contribution >= 0.6 is 0 Å². The first-order valence-electron chi connectivity index (χ1n) is 4.87. The van der Waals surface area contributed by atoms with Crippen molar-refractivity contribution in [2.45, 2.75) is 12.8 Å². The summed E-state index contributed by atoms with van der Waals surface area (Å²) in [4.78, 5) is 21.9. The summed E-state index contributed by atoms with van der Waals surface area (Å²) < 4.78 is 0. The van der Waals surface area contributed by atoms with Crippen LogP contribution in [0.3, 0.4) is 0 Å². The first-order chi connectivity index (χ1) is 7.63. The van der Waals surface area contributed by atoms with E-state index in [4.69, 9.17) is 10.2 Å². The quantitative estimate of drug-likeness (QED) is 0.697. The van der Waals surface area contributed by atoms with Crippen molar-refractivity contribution in [2.75, 3.05) is 11.9 Å². The monoisotopic (exact) mass is 223 g/mol. The van der Waals surface area contributed by atoms with Gasteiger partial charge in [-0.05, 0) is 24.6 Å². The van der Waals surface area contributed by atoms with Crippen LogP contribution in [0.1, 0.15) is 23.2 Å². The zero-order chi connectivity index (χ0) is 12.0. The molecule has 0 heterocycles. The van der Waals surface area contributed by atoms with Crippen LogP contribution in [0.15, 0.2) is 24.3 Å². The molecule has 0 radical (unpaired) electrons. The Kier molecular flexibility index (Phi) is 4.47. The zero-order valence-electron chi connectivity index (χ0n) is 8.64. The number of carboxylic acid groups (broad SMARTS) is 1. The number of carbonyl (C=O) groups excluding carboxylic acids is 1. The number of aliphatic hydroxyl groups is 1. The topological polar surface area (TPSA) is 86.6 Å². The third kappa shape index (κ3) is 3.70. The minimum Gasteiger partial charge on any atom is -0.478 e. The summed E-state index contributed by atoms with van der Waals surface area (Å²) in [7, 11) is 0. The fourth-order valence-electron chi connectivity index (χ4n) is 1.19. The van der Waals surface area contributed by atoms with Gasteiger partial charge in [-0.1, -0.05) is 6.07 Å². The van der Waals surface area contributed by atoms with Gasteiger partial charge in [-0.3, -0.25) is 4.79 Å². The highest BCUT2D eigenvalue weighted by Gasteiger charge is 2.05. The van der Waals surface area contributed by atoms with Crippen molar-refractivity contribution >= 4 is 17.6 Å². The number of hydrogen-bond donors (Lipinski definition) is 3. The van der Waals surface area contributed by atoms with E-state index in [0.717, 1.165) is 0 Å². The third-order valence-corrected chi connectivity index (χ3v) is 1.96. The number of nitrogens with one attached hydrogen (secondary N) is 1. The highest BCUT2D eigenvalue weighted by atomic mass is 16.4. The zero-order valence-corrected chi connectivity index (χ0v) is 8.64. The highest BCUT2D eigenvalue weighted by Crippen LogP contribution is 2.11. The molecule has 0 saturated heterocycles. The van der Waals surface area contributed by atoms with Crippen LogP contribution in [0.5, 0.6) is 0 Å². The van der Waals surface area contributed by atoms with Crippen LogP contribution in [0.25, 0.3) is 0 Å². The molecular weight excluding hydrogens is 210 g/mol. The summed E-state index contributed by atoms with van der Waals surface area (Å²) in [6, 6.07) is 6.01. The third-order valence-electron chi connectivity index (χ3n) is 1.96. The van der Waals surface area contributed by atoms with Crippen molar-refractivity contribution in [3.63, 3.8) is 0 Å². The SMILES string of the molecule is O=C(CCCO)Nc1cccc(C(=O)O)c1. The molecule has 1 aromatic rings. The Bertz CT molecular complexity index is 389. The van der Waals surface area contributed by atoms with Gasteiger partial charge in [0, 0.05) is 18.7 Å². The van der Waals surface area contributed by atoms with E-state index in [0.29, 0.717) is 12.1 Å². The minimum atomic E-state index is -1.04. The Morgan fingerprint density at radius 2 is 2.06 bits per heavy atom. The predicted molar refractivity (Wildman–Crippen MR) is 58.4 cm³/mol. The molecule has 0 spiro atoms. The molecule has 16 heavy (non-hydrogen) atoms. The molecule has 0 fully saturated rings. The van der Waals surface area contributed by atoms with Crippen molar-refractivity contribution in [2.24, 2.45) is 0 Å². The van der Waals surface area contributed by atoms with E-state index in [9.17, 15) is 9.59 Å². The molecule has 5 nitrogen and oxygen atoms in total. The molecule has 5 heteroatoms. The molecule has 86 valence electrons. The van der Waals surface area contributed by atoms with Crippen LogP contribution in [0.4, 0.5) is 5.69 Å². The molecule has 0 atom stereocenters. The van der Waals surface area contributed by atoms with Gasteiger partial charge >= 0.3 is 5.97 Å². The normalized spacial score (nSPS) is 9.81. The first kappa shape index (κ1) is 12.2. The van der Waals surface area contributed by atoms with Gasteiger partial charge in [-0.15, -0.1) is 0 Å². The number of aromatic carboxylic acids is 1. The maximum Gasteiger partial charge on any atom is 0.335 e. The number of hydrogen-bond acceptors (Lipinski definition) is 3. The number of carbonyl (C=O) groups is 2. The van der Waals surface area contributed by atoms with Crippen molar-refractivity contribution in [3.05, 3.63) is 29.8 Å². The summed E-state index contributed by atoms with van der Waals surface area (Å²) in [6.07, 6.45) is 0.609. The smallest absolute Gasteiger partial charge is 0.335 e. The van der Waals surface area contributed by atoms with Crippen LogP contribution < -0.4 is 5.32 Å². The van der Waals surface area contributed by atoms with Crippen LogP contribution in [0, 0.1) is 0 Å². The molecule has 0 aliphatic heterocycles. The van der Waals surface area contributed by atoms with E-state index in [1.54, 1.807) is 12.1 Å². The largest absolute Gasteiger partial charge is 0.478 e. The lowest BCUT2D eigenvalue weighted by Gasteiger charge is -2.05. The summed E-state index contributed by atoms with van der Waals surface area (Å²) in [6.45, 7) is -0.0391. The lowest BCUT2D eigenvalue weighted by Crippen LogP contribution is -2.12. The molecular formula is C11H13NO4. The fourth-order valence-corrected chi connectivity index (χ4v) is 1.19. The van der Waals surface area contributed by atoms with E-state index < -0.39 is 5.97 Å². The fraction of sp³-hybridized carbons (Fsp3) is 0.273. The van der Waals surface area contributed by atoms with E-state index in [1.165, 1.54) is 12.1 Å². The number of rotatable bonds is 5. The second kappa shape index (κ2) is 5.87. The average molecular weight is 223 g/mol. The van der Waals surface area contributed by atoms with Gasteiger partial charge in [-0.2, -0.15) is 0 Å². The number of carboxylic acids is 1. The van der Waals surface area contributed by atoms with E-state index in [1.807, 2.05) is 0 Å². The van der Waals surface area contributed by atoms with Crippen LogP contribution in [-0.2, 0) is 4.79 Å². The molecule has 1 amide bonds. The van der Waals surface area contributed by atoms with Crippen molar-refractivity contribution in [1.29, 1.82) is 0 Å². The lowest BCUT2D eigenvalue weighted by molar-refractivity contribution is -0.116. The van der Waals surface area contributed by atoms with Crippen LogP contribution in [-0.4, -0.2) is 28.7 Å². The standard InChI is InChI=1S/C11H13NO4/c13-6-2-5-10(14)12-9-4-1-3-8(7-9)11(15)16/h1,3-4,7,13H,2,5-6H2,(H,12,14)(H,15,16). The molecule has 0 aromatic heterocycles. The molecule has 3 N–H and O–H groups in total. The Morgan fingerprint density at radius 3 is 2.69 bits per heavy atom. The second-order valence-electron chi connectivity index (χ2n) is 3.26. The number of benzene rings is 1. The predicted octanol–water partition coefficient (Wildman–Crippen LogP) is 1.10. The van der Waals surface area contributed by atoms with Crippen molar-refractivity contribution < 1.29 is 19.8 Å². The molecule has 0 aliphatic carbocycles. The second-order valence-corrected chi connectivity index (χ2v) is 3.26. The maximum atomic E-state index is 11.3. The summed E-state index contributed by atoms with van der Waals surface area (Å²) in [5.74, 6) is -1.27. The van der Waals surface area contributed by atoms with Gasteiger partial charge in [0.25, 0.3) is 0 Å². The molecule has 0 saturated carbocycles. The summed E-state index contributed by atoms with van der Waals surface area (Å²) >= 11 is 0. The first-order valence-corrected chi connectivity index (χ1v) is 4.87. The molecule has 0 unspecified atom stereocenters. The van der Waals surface area contributed by atoms with E-state index in [-0.39, 0.29) is 24.5 Å². The highest BCUT2D eigenvalue weighted by molar-refractivity contribution is 5.93. The van der Waals surface area contributed by atoms with Crippen molar-refractivity contribution in [1.82, 2.24) is 0 Å². The summed E-state index contributed by atoms with van der Waals surface area (Å²) in [5, 5.41) is 19.8. The lowest BCUT2D eigenvalue weighted by atomic mass is 10.2. The maximum absolute atomic E-state index is 11.3. The van der Waals surface area contributed by atoms with Gasteiger partial charge in [0.15, 0.2) is 0 Å². The molecule has 1 rings (SSSR count). The average Bonchev–Trinajstić information content (AvgIpc) is 2.26. The van der Waals surface area contributed by atoms with Gasteiger partial charge in [-0.25, -0.2) is 4.79 Å². The van der Waals surface area contributed by atoms with Crippen LogP contribution in [0.2, 0.25) is 0 Å². The molecule has 0 bridgehead atoms. The van der Waals surface area contributed by atoms with Gasteiger partial charge in [0.1, 0.15) is 0 Å². The van der Waals surface area contributed by atoms with E-state index >= 15 is 0 Å². The number of anilines is 1. The Hall–Kier alpha value is -1.88. The van der Waals surface area contributed by atoms with Gasteiger partial charge in [0.05, 0.1) is 5.56 Å². The van der Waals surface area contributed by atoms with E-state index in [2.05, 4.69) is 5.32 Å². The summed E-state index contributed by atoms with van der Waals surface area (Å²) in [5.41, 5.74) is 0.572. The number of aliphatic hydroxyl groups excluding tert-OH is 1. The molecule has 1 aromatic carbocycles.